The van der Waals surface area contributed by atoms with Crippen molar-refractivity contribution < 1.29 is 0 Å². The summed E-state index contributed by atoms with van der Waals surface area (Å²) in [4.78, 5) is 19.7. The van der Waals surface area contributed by atoms with E-state index in [2.05, 4.69) is 48.3 Å². The van der Waals surface area contributed by atoms with Crippen molar-refractivity contribution in [3.05, 3.63) is 25.4 Å². The lowest BCUT2D eigenvalue weighted by Gasteiger charge is -2.24. The molecular formula is C12H17IN2OS2. The third kappa shape index (κ3) is 3.25. The van der Waals surface area contributed by atoms with Crippen molar-refractivity contribution in [2.45, 2.75) is 31.4 Å². The monoisotopic (exact) mass is 396 g/mol. The highest BCUT2D eigenvalue weighted by Gasteiger charge is 2.25. The number of thioether (sulfide) groups is 2. The predicted molar refractivity (Wildman–Crippen MR) is 88.8 cm³/mol. The smallest absolute Gasteiger partial charge is 0.264 e. The standard InChI is InChI=1S/C12H17IN2OS2/c1-12(2,3)9-8(13)11(16)15-10(14-9)7-6-17-4-5-18-7/h7H,4-6H2,1-3H3,(H,14,15,16). The van der Waals surface area contributed by atoms with Crippen LogP contribution in [0.15, 0.2) is 4.79 Å². The summed E-state index contributed by atoms with van der Waals surface area (Å²) in [6.07, 6.45) is 0. The van der Waals surface area contributed by atoms with Crippen LogP contribution in [0.3, 0.4) is 0 Å². The van der Waals surface area contributed by atoms with Crippen LogP contribution in [0.2, 0.25) is 0 Å². The van der Waals surface area contributed by atoms with Gasteiger partial charge in [-0.05, 0) is 22.6 Å². The van der Waals surface area contributed by atoms with Crippen molar-refractivity contribution in [1.29, 1.82) is 0 Å². The molecule has 1 aromatic rings. The van der Waals surface area contributed by atoms with E-state index in [9.17, 15) is 4.79 Å². The van der Waals surface area contributed by atoms with Crippen molar-refractivity contribution in [2.75, 3.05) is 17.3 Å². The van der Waals surface area contributed by atoms with Crippen LogP contribution in [0, 0.1) is 3.57 Å². The second-order valence-corrected chi connectivity index (χ2v) is 8.84. The first kappa shape index (κ1) is 14.7. The minimum absolute atomic E-state index is 0.00157. The number of aromatic nitrogens is 2. The molecule has 0 amide bonds. The average Bonchev–Trinajstić information content (AvgIpc) is 2.32. The first-order chi connectivity index (χ1) is 8.39. The van der Waals surface area contributed by atoms with E-state index in [4.69, 9.17) is 4.98 Å². The van der Waals surface area contributed by atoms with Gasteiger partial charge in [0, 0.05) is 22.7 Å². The summed E-state index contributed by atoms with van der Waals surface area (Å²) in [7, 11) is 0. The molecule has 1 aliphatic heterocycles. The van der Waals surface area contributed by atoms with Crippen LogP contribution in [-0.2, 0) is 5.41 Å². The van der Waals surface area contributed by atoms with E-state index in [1.165, 1.54) is 5.75 Å². The third-order valence-electron chi connectivity index (χ3n) is 2.71. The first-order valence-corrected chi connectivity index (χ1v) is 9.17. The second kappa shape index (κ2) is 5.75. The Morgan fingerprint density at radius 3 is 2.67 bits per heavy atom. The van der Waals surface area contributed by atoms with Gasteiger partial charge >= 0.3 is 0 Å². The second-order valence-electron chi connectivity index (χ2n) is 5.30. The Balaban J connectivity index is 2.44. The van der Waals surface area contributed by atoms with Crippen molar-refractivity contribution >= 4 is 46.1 Å². The van der Waals surface area contributed by atoms with Gasteiger partial charge in [0.05, 0.1) is 10.9 Å². The highest BCUT2D eigenvalue weighted by molar-refractivity contribution is 14.1. The lowest BCUT2D eigenvalue weighted by molar-refractivity contribution is 0.556. The molecule has 18 heavy (non-hydrogen) atoms. The van der Waals surface area contributed by atoms with Crippen LogP contribution in [0.4, 0.5) is 0 Å². The van der Waals surface area contributed by atoms with Crippen molar-refractivity contribution in [3.8, 4) is 0 Å². The molecule has 1 N–H and O–H groups in total. The van der Waals surface area contributed by atoms with Crippen LogP contribution < -0.4 is 5.56 Å². The molecule has 0 aliphatic carbocycles. The fraction of sp³-hybridized carbons (Fsp3) is 0.667. The SMILES string of the molecule is CC(C)(C)c1nc(C2CSCCS2)[nH]c(=O)c1I. The van der Waals surface area contributed by atoms with E-state index in [0.717, 1.165) is 26.6 Å². The Hall–Kier alpha value is 0.310. The van der Waals surface area contributed by atoms with E-state index >= 15 is 0 Å². The molecule has 6 heteroatoms. The maximum absolute atomic E-state index is 12.0. The lowest BCUT2D eigenvalue weighted by atomic mass is 9.92. The summed E-state index contributed by atoms with van der Waals surface area (Å²) in [5.74, 6) is 4.22. The Morgan fingerprint density at radius 2 is 2.11 bits per heavy atom. The summed E-state index contributed by atoms with van der Waals surface area (Å²) in [5, 5.41) is 0.328. The maximum Gasteiger partial charge on any atom is 0.264 e. The zero-order valence-electron chi connectivity index (χ0n) is 10.7. The molecule has 0 saturated carbocycles. The Bertz CT molecular complexity index is 490. The van der Waals surface area contributed by atoms with Gasteiger partial charge in [-0.2, -0.15) is 11.8 Å². The normalized spacial score (nSPS) is 21.0. The van der Waals surface area contributed by atoms with Crippen LogP contribution >= 0.6 is 46.1 Å². The van der Waals surface area contributed by atoms with Crippen molar-refractivity contribution in [2.24, 2.45) is 0 Å². The summed E-state index contributed by atoms with van der Waals surface area (Å²) < 4.78 is 0.720. The van der Waals surface area contributed by atoms with E-state index in [1.54, 1.807) is 0 Å². The molecule has 2 rings (SSSR count). The van der Waals surface area contributed by atoms with Gasteiger partial charge in [0.15, 0.2) is 0 Å². The largest absolute Gasteiger partial charge is 0.309 e. The molecule has 100 valence electrons. The molecule has 2 heterocycles. The molecule has 3 nitrogen and oxygen atoms in total. The van der Waals surface area contributed by atoms with Gasteiger partial charge in [0.25, 0.3) is 5.56 Å². The minimum atomic E-state index is -0.0913. The molecule has 0 spiro atoms. The van der Waals surface area contributed by atoms with Crippen LogP contribution in [0.1, 0.15) is 37.5 Å². The van der Waals surface area contributed by atoms with Crippen LogP contribution in [0.25, 0.3) is 0 Å². The van der Waals surface area contributed by atoms with Gasteiger partial charge in [-0.3, -0.25) is 4.79 Å². The number of hydrogen-bond acceptors (Lipinski definition) is 4. The highest BCUT2D eigenvalue weighted by Crippen LogP contribution is 2.35. The molecule has 1 atom stereocenters. The highest BCUT2D eigenvalue weighted by atomic mass is 127. The van der Waals surface area contributed by atoms with E-state index in [-0.39, 0.29) is 11.0 Å². The number of rotatable bonds is 1. The Kier molecular flexibility index (Phi) is 4.70. The Labute approximate surface area is 129 Å². The van der Waals surface area contributed by atoms with Gasteiger partial charge < -0.3 is 4.98 Å². The summed E-state index contributed by atoms with van der Waals surface area (Å²) in [5.41, 5.74) is 0.825. The molecule has 1 saturated heterocycles. The van der Waals surface area contributed by atoms with Gasteiger partial charge in [0.1, 0.15) is 9.39 Å². The van der Waals surface area contributed by atoms with Crippen LogP contribution in [0.5, 0.6) is 0 Å². The van der Waals surface area contributed by atoms with Gasteiger partial charge in [-0.25, -0.2) is 4.98 Å². The molecule has 1 aliphatic rings. The maximum atomic E-state index is 12.0. The topological polar surface area (TPSA) is 45.8 Å². The number of aromatic amines is 1. The molecule has 1 fully saturated rings. The average molecular weight is 396 g/mol. The fourth-order valence-corrected chi connectivity index (χ4v) is 5.46. The number of H-pyrrole nitrogens is 1. The minimum Gasteiger partial charge on any atom is -0.309 e. The molecular weight excluding hydrogens is 379 g/mol. The number of nitrogens with zero attached hydrogens (tertiary/aromatic N) is 1. The van der Waals surface area contributed by atoms with E-state index in [0.29, 0.717) is 5.25 Å². The zero-order valence-corrected chi connectivity index (χ0v) is 14.5. The van der Waals surface area contributed by atoms with Gasteiger partial charge in [-0.15, -0.1) is 11.8 Å². The lowest BCUT2D eigenvalue weighted by Crippen LogP contribution is -2.27. The molecule has 1 unspecified atom stereocenters. The summed E-state index contributed by atoms with van der Waals surface area (Å²) in [6.45, 7) is 6.30. The van der Waals surface area contributed by atoms with Crippen molar-refractivity contribution in [1.82, 2.24) is 9.97 Å². The van der Waals surface area contributed by atoms with E-state index in [1.807, 2.05) is 23.5 Å². The van der Waals surface area contributed by atoms with Crippen LogP contribution in [-0.4, -0.2) is 27.2 Å². The van der Waals surface area contributed by atoms with Gasteiger partial charge in [0.2, 0.25) is 0 Å². The fourth-order valence-electron chi connectivity index (χ4n) is 1.77. The third-order valence-corrected chi connectivity index (χ3v) is 6.48. The molecule has 0 radical (unpaired) electrons. The number of hydrogen-bond donors (Lipinski definition) is 1. The number of nitrogens with one attached hydrogen (secondary N) is 1. The molecule has 0 bridgehead atoms. The quantitative estimate of drug-likeness (QED) is 0.741. The Morgan fingerprint density at radius 1 is 1.39 bits per heavy atom. The predicted octanol–water partition coefficient (Wildman–Crippen LogP) is 3.19. The summed E-state index contributed by atoms with van der Waals surface area (Å²) >= 11 is 5.93. The van der Waals surface area contributed by atoms with Gasteiger partial charge in [-0.1, -0.05) is 20.8 Å². The molecule has 0 aromatic carbocycles. The number of halogens is 1. The summed E-state index contributed by atoms with van der Waals surface area (Å²) in [6, 6.07) is 0. The zero-order chi connectivity index (χ0) is 13.3. The first-order valence-electron chi connectivity index (χ1n) is 5.89. The van der Waals surface area contributed by atoms with Crippen molar-refractivity contribution in [3.63, 3.8) is 0 Å². The van der Waals surface area contributed by atoms with E-state index < -0.39 is 0 Å². The molecule has 1 aromatic heterocycles.